The Kier molecular flexibility index (Phi) is 9.52. The summed E-state index contributed by atoms with van der Waals surface area (Å²) in [4.78, 5) is 13.0. The van der Waals surface area contributed by atoms with E-state index in [-0.39, 0.29) is 16.4 Å². The topological polar surface area (TPSA) is 98.8 Å². The number of nitrogens with two attached hydrogens (primary N) is 1. The fourth-order valence-electron chi connectivity index (χ4n) is 10.0. The molecule has 2 N–H and O–H groups in total. The van der Waals surface area contributed by atoms with Gasteiger partial charge in [0, 0.05) is 6.42 Å². The molecule has 1 aromatic rings. The van der Waals surface area contributed by atoms with Crippen LogP contribution in [0.4, 0.5) is 0 Å². The smallest absolute Gasteiger partial charge is 0.371 e. The Bertz CT molecular complexity index is 1320. The Morgan fingerprint density at radius 2 is 1.79 bits per heavy atom. The first kappa shape index (κ1) is 32.2. The predicted octanol–water partition coefficient (Wildman–Crippen LogP) is 8.08. The van der Waals surface area contributed by atoms with E-state index in [1.54, 1.807) is 18.2 Å². The summed E-state index contributed by atoms with van der Waals surface area (Å²) in [6.45, 7) is 12.3. The first-order chi connectivity index (χ1) is 20.5. The van der Waals surface area contributed by atoms with Gasteiger partial charge < -0.3 is 10.6 Å². The van der Waals surface area contributed by atoms with Gasteiger partial charge in [-0.3, -0.25) is 0 Å². The van der Waals surface area contributed by atoms with E-state index in [0.717, 1.165) is 48.9 Å². The quantitative estimate of drug-likeness (QED) is 0.0801. The second kappa shape index (κ2) is 12.7. The second-order valence-electron chi connectivity index (χ2n) is 14.9. The highest BCUT2D eigenvalue weighted by atomic mass is 32.2. The summed E-state index contributed by atoms with van der Waals surface area (Å²) in [5.41, 5.74) is 1.97. The van der Waals surface area contributed by atoms with Crippen LogP contribution in [0.1, 0.15) is 112 Å². The van der Waals surface area contributed by atoms with E-state index in [4.69, 9.17) is 10.6 Å². The molecule has 0 amide bonds. The molecule has 3 fully saturated rings. The lowest BCUT2D eigenvalue weighted by molar-refractivity contribution is -0.142. The standard InChI is InChI=1S/C36H54N2O4S/c1-6-24(2)11-10-12-25(3)30-17-18-31-29-16-15-26-23-27(19-21-35(26,4)32(29)20-22-36(30,31)5)42-34(39)33(38-37)43(40,41)28-13-8-7-9-14-28/h7-9,13-15,24-25,27,29-32H,6,10-12,16-23,37H2,1-5H3/t24?,25-,27+,29+,30-,31+,32+,35+,36-/m1/s1. The summed E-state index contributed by atoms with van der Waals surface area (Å²) >= 11 is 0. The van der Waals surface area contributed by atoms with Crippen LogP contribution in [0.3, 0.4) is 0 Å². The summed E-state index contributed by atoms with van der Waals surface area (Å²) in [5.74, 6) is 9.15. The summed E-state index contributed by atoms with van der Waals surface area (Å²) in [6, 6.07) is 7.78. The highest BCUT2D eigenvalue weighted by Crippen LogP contribution is 2.67. The fraction of sp³-hybridized carbons (Fsp3) is 0.722. The zero-order chi connectivity index (χ0) is 31.0. The Balaban J connectivity index is 1.24. The molecule has 5 rings (SSSR count). The number of hydrazone groups is 1. The highest BCUT2D eigenvalue weighted by Gasteiger charge is 2.59. The lowest BCUT2D eigenvalue weighted by Crippen LogP contribution is -2.51. The van der Waals surface area contributed by atoms with Gasteiger partial charge in [0.1, 0.15) is 6.10 Å². The first-order valence-electron chi connectivity index (χ1n) is 16.9. The Hall–Kier alpha value is -2.15. The summed E-state index contributed by atoms with van der Waals surface area (Å²) < 4.78 is 31.9. The van der Waals surface area contributed by atoms with Crippen molar-refractivity contribution >= 4 is 20.9 Å². The van der Waals surface area contributed by atoms with Crippen molar-refractivity contribution in [1.82, 2.24) is 0 Å². The minimum atomic E-state index is -4.15. The Labute approximate surface area is 260 Å². The third-order valence-electron chi connectivity index (χ3n) is 12.7. The number of carbonyl (C=O) groups excluding carboxylic acids is 1. The van der Waals surface area contributed by atoms with Crippen molar-refractivity contribution in [1.29, 1.82) is 0 Å². The van der Waals surface area contributed by atoms with E-state index in [1.165, 1.54) is 69.1 Å². The monoisotopic (exact) mass is 610 g/mol. The van der Waals surface area contributed by atoms with Crippen molar-refractivity contribution in [2.45, 2.75) is 123 Å². The predicted molar refractivity (Wildman–Crippen MR) is 173 cm³/mol. The zero-order valence-corrected chi connectivity index (χ0v) is 27.9. The number of carbonyl (C=O) groups is 1. The van der Waals surface area contributed by atoms with Crippen molar-refractivity contribution < 1.29 is 17.9 Å². The lowest BCUT2D eigenvalue weighted by Gasteiger charge is -2.58. The van der Waals surface area contributed by atoms with Crippen molar-refractivity contribution in [2.75, 3.05) is 0 Å². The average molecular weight is 611 g/mol. The molecule has 1 aromatic carbocycles. The van der Waals surface area contributed by atoms with Crippen LogP contribution in [-0.2, 0) is 19.4 Å². The SMILES string of the molecule is CCC(C)CCC[C@@H](C)[C@H]1CC[C@H]2[C@@H]3CC=C4C[C@@H](OC(=O)C(=NN)S(=O)(=O)c5ccccc5)CC[C@]4(C)[C@H]3CC[C@]12C. The van der Waals surface area contributed by atoms with Crippen LogP contribution >= 0.6 is 0 Å². The summed E-state index contributed by atoms with van der Waals surface area (Å²) in [5, 5.41) is 2.64. The number of hydrogen-bond donors (Lipinski definition) is 1. The van der Waals surface area contributed by atoms with Crippen LogP contribution < -0.4 is 5.84 Å². The lowest BCUT2D eigenvalue weighted by atomic mass is 9.47. The van der Waals surface area contributed by atoms with Crippen LogP contribution in [0.25, 0.3) is 0 Å². The van der Waals surface area contributed by atoms with Crippen LogP contribution in [0, 0.1) is 46.3 Å². The molecule has 238 valence electrons. The Morgan fingerprint density at radius 3 is 2.49 bits per heavy atom. The van der Waals surface area contributed by atoms with Crippen LogP contribution in [0.5, 0.6) is 0 Å². The molecule has 0 aliphatic heterocycles. The molecule has 0 spiro atoms. The number of hydrogen-bond acceptors (Lipinski definition) is 6. The maximum atomic E-state index is 13.1. The number of nitrogens with zero attached hydrogens (tertiary/aromatic N) is 1. The number of allylic oxidation sites excluding steroid dienone is 1. The third-order valence-corrected chi connectivity index (χ3v) is 14.4. The summed E-state index contributed by atoms with van der Waals surface area (Å²) in [6.07, 6.45) is 16.3. The van der Waals surface area contributed by atoms with E-state index in [1.807, 2.05) is 0 Å². The molecule has 4 aliphatic rings. The van der Waals surface area contributed by atoms with Gasteiger partial charge in [0.25, 0.3) is 5.04 Å². The molecule has 7 heteroatoms. The highest BCUT2D eigenvalue weighted by molar-refractivity contribution is 8.08. The third kappa shape index (κ3) is 5.96. The van der Waals surface area contributed by atoms with Gasteiger partial charge in [0.2, 0.25) is 9.84 Å². The minimum Gasteiger partial charge on any atom is -0.457 e. The first-order valence-corrected chi connectivity index (χ1v) is 18.4. The molecule has 0 aromatic heterocycles. The molecule has 0 bridgehead atoms. The molecule has 6 nitrogen and oxygen atoms in total. The largest absolute Gasteiger partial charge is 0.457 e. The van der Waals surface area contributed by atoms with Crippen LogP contribution in [0.2, 0.25) is 0 Å². The number of sulfone groups is 1. The van der Waals surface area contributed by atoms with Crippen LogP contribution in [-0.4, -0.2) is 25.5 Å². The maximum Gasteiger partial charge on any atom is 0.371 e. The zero-order valence-electron chi connectivity index (χ0n) is 27.1. The van der Waals surface area contributed by atoms with Crippen molar-refractivity contribution in [3.8, 4) is 0 Å². The van der Waals surface area contributed by atoms with E-state index in [2.05, 4.69) is 45.8 Å². The molecule has 0 radical (unpaired) electrons. The van der Waals surface area contributed by atoms with E-state index < -0.39 is 20.9 Å². The molecule has 0 heterocycles. The van der Waals surface area contributed by atoms with Crippen molar-refractivity contribution in [3.63, 3.8) is 0 Å². The van der Waals surface area contributed by atoms with Gasteiger partial charge in [0.15, 0.2) is 0 Å². The van der Waals surface area contributed by atoms with E-state index in [9.17, 15) is 13.2 Å². The average Bonchev–Trinajstić information content (AvgIpc) is 3.35. The van der Waals surface area contributed by atoms with Gasteiger partial charge in [-0.15, -0.1) is 0 Å². The normalized spacial score (nSPS) is 35.6. The molecule has 9 atom stereocenters. The van der Waals surface area contributed by atoms with Gasteiger partial charge in [-0.2, -0.15) is 5.10 Å². The molecule has 3 saturated carbocycles. The number of benzene rings is 1. The molecule has 0 saturated heterocycles. The summed E-state index contributed by atoms with van der Waals surface area (Å²) in [7, 11) is -4.15. The molecule has 43 heavy (non-hydrogen) atoms. The molecule has 4 aliphatic carbocycles. The van der Waals surface area contributed by atoms with Crippen LogP contribution in [0.15, 0.2) is 52.0 Å². The van der Waals surface area contributed by atoms with Gasteiger partial charge in [0.05, 0.1) is 4.90 Å². The minimum absolute atomic E-state index is 0.0210. The van der Waals surface area contributed by atoms with E-state index in [0.29, 0.717) is 17.8 Å². The maximum absolute atomic E-state index is 13.1. The van der Waals surface area contributed by atoms with Crippen molar-refractivity contribution in [3.05, 3.63) is 42.0 Å². The van der Waals surface area contributed by atoms with Gasteiger partial charge >= 0.3 is 5.97 Å². The van der Waals surface area contributed by atoms with Gasteiger partial charge in [-0.1, -0.05) is 90.2 Å². The fourth-order valence-corrected chi connectivity index (χ4v) is 11.2. The Morgan fingerprint density at radius 1 is 1.05 bits per heavy atom. The molecular weight excluding hydrogens is 556 g/mol. The number of fused-ring (bicyclic) bond motifs is 5. The molecular formula is C36H54N2O4S. The number of esters is 1. The van der Waals surface area contributed by atoms with Gasteiger partial charge in [-0.05, 0) is 103 Å². The van der Waals surface area contributed by atoms with E-state index >= 15 is 0 Å². The number of ether oxygens (including phenoxy) is 1. The van der Waals surface area contributed by atoms with Crippen molar-refractivity contribution in [2.24, 2.45) is 57.3 Å². The molecule has 1 unspecified atom stereocenters. The second-order valence-corrected chi connectivity index (χ2v) is 16.8. The van der Waals surface area contributed by atoms with Gasteiger partial charge in [-0.25, -0.2) is 13.2 Å². The number of rotatable bonds is 8.